The van der Waals surface area contributed by atoms with Crippen LogP contribution in [-0.2, 0) is 14.4 Å². The molecule has 5 N–H and O–H groups in total. The van der Waals surface area contributed by atoms with Crippen LogP contribution >= 0.6 is 0 Å². The van der Waals surface area contributed by atoms with Crippen LogP contribution in [0.5, 0.6) is 0 Å². The number of carbonyl (C=O) groups is 4. The highest BCUT2D eigenvalue weighted by molar-refractivity contribution is 5.88. The summed E-state index contributed by atoms with van der Waals surface area (Å²) < 4.78 is 0. The minimum atomic E-state index is -1.54. The van der Waals surface area contributed by atoms with E-state index in [-0.39, 0.29) is 6.54 Å². The highest BCUT2D eigenvalue weighted by Crippen LogP contribution is 1.92. The molecule has 0 spiro atoms. The summed E-state index contributed by atoms with van der Waals surface area (Å²) in [6.45, 7) is 1.78. The van der Waals surface area contributed by atoms with Gasteiger partial charge in [0.05, 0.1) is 13.0 Å². The van der Waals surface area contributed by atoms with Crippen LogP contribution < -0.4 is 16.0 Å². The lowest BCUT2D eigenvalue weighted by molar-refractivity contribution is -0.145. The zero-order chi connectivity index (χ0) is 14.1. The molecule has 102 valence electrons. The van der Waals surface area contributed by atoms with Crippen molar-refractivity contribution >= 4 is 23.9 Å². The molecule has 0 saturated carbocycles. The molecular weight excluding hydrogens is 246 g/mol. The summed E-state index contributed by atoms with van der Waals surface area (Å²) in [6.07, 6.45) is -0.746. The summed E-state index contributed by atoms with van der Waals surface area (Å²) in [4.78, 5) is 43.1. The third kappa shape index (κ3) is 7.04. The molecule has 0 radical (unpaired) electrons. The molecule has 0 aromatic heterocycles. The first-order chi connectivity index (χ1) is 8.36. The monoisotopic (exact) mass is 261 g/mol. The van der Waals surface area contributed by atoms with E-state index in [9.17, 15) is 19.2 Å². The van der Waals surface area contributed by atoms with E-state index in [1.54, 1.807) is 6.92 Å². The number of carboxylic acid groups (broad SMARTS) is 2. The van der Waals surface area contributed by atoms with Crippen LogP contribution in [0.2, 0.25) is 0 Å². The van der Waals surface area contributed by atoms with E-state index in [1.165, 1.54) is 0 Å². The van der Waals surface area contributed by atoms with E-state index < -0.39 is 36.3 Å². The second-order valence-electron chi connectivity index (χ2n) is 3.27. The standard InChI is InChI=1S/C9H15N3O6/c1-2-10-6(13)4-11-9(18)12-5(8(16)17)3-7(14)15/h5H,2-4H2,1H3,(H,10,13)(H,14,15)(H,16,17)(H2,11,12,18)/t5-/m0/s1. The maximum absolute atomic E-state index is 11.2. The van der Waals surface area contributed by atoms with Gasteiger partial charge >= 0.3 is 18.0 Å². The first-order valence-electron chi connectivity index (χ1n) is 5.12. The van der Waals surface area contributed by atoms with E-state index in [4.69, 9.17) is 10.2 Å². The van der Waals surface area contributed by atoms with Gasteiger partial charge in [0.2, 0.25) is 5.91 Å². The first kappa shape index (κ1) is 15.7. The van der Waals surface area contributed by atoms with Crippen LogP contribution in [0, 0.1) is 0 Å². The molecule has 0 fully saturated rings. The number of aliphatic carboxylic acids is 2. The summed E-state index contributed by atoms with van der Waals surface area (Å²) in [7, 11) is 0. The summed E-state index contributed by atoms with van der Waals surface area (Å²) >= 11 is 0. The second kappa shape index (κ2) is 7.87. The third-order valence-corrected chi connectivity index (χ3v) is 1.77. The van der Waals surface area contributed by atoms with Crippen molar-refractivity contribution in [2.45, 2.75) is 19.4 Å². The molecule has 0 unspecified atom stereocenters. The highest BCUT2D eigenvalue weighted by Gasteiger charge is 2.22. The first-order valence-corrected chi connectivity index (χ1v) is 5.12. The van der Waals surface area contributed by atoms with Gasteiger partial charge in [0.25, 0.3) is 0 Å². The Morgan fingerprint density at radius 1 is 1.11 bits per heavy atom. The maximum atomic E-state index is 11.2. The Labute approximate surface area is 103 Å². The van der Waals surface area contributed by atoms with Gasteiger partial charge in [-0.15, -0.1) is 0 Å². The van der Waals surface area contributed by atoms with Gasteiger partial charge in [-0.2, -0.15) is 0 Å². The number of urea groups is 1. The van der Waals surface area contributed by atoms with Crippen LogP contribution in [0.15, 0.2) is 0 Å². The van der Waals surface area contributed by atoms with Gasteiger partial charge in [0, 0.05) is 6.54 Å². The molecule has 0 aromatic rings. The molecule has 0 aliphatic carbocycles. The normalized spacial score (nSPS) is 11.2. The number of carbonyl (C=O) groups excluding carboxylic acids is 2. The Balaban J connectivity index is 4.14. The Morgan fingerprint density at radius 2 is 1.72 bits per heavy atom. The fourth-order valence-electron chi connectivity index (χ4n) is 1.00. The average Bonchev–Trinajstić information content (AvgIpc) is 2.25. The van der Waals surface area contributed by atoms with Crippen LogP contribution in [-0.4, -0.2) is 53.2 Å². The molecule has 1 atom stereocenters. The van der Waals surface area contributed by atoms with E-state index in [2.05, 4.69) is 10.6 Å². The van der Waals surface area contributed by atoms with Gasteiger partial charge < -0.3 is 26.2 Å². The molecule has 0 aromatic carbocycles. The number of rotatable bonds is 7. The van der Waals surface area contributed by atoms with Crippen molar-refractivity contribution in [2.24, 2.45) is 0 Å². The van der Waals surface area contributed by atoms with Gasteiger partial charge in [0.15, 0.2) is 0 Å². The quantitative estimate of drug-likeness (QED) is 0.371. The van der Waals surface area contributed by atoms with E-state index in [0.717, 1.165) is 0 Å². The van der Waals surface area contributed by atoms with E-state index in [1.807, 2.05) is 5.32 Å². The van der Waals surface area contributed by atoms with Crippen LogP contribution in [0.4, 0.5) is 4.79 Å². The summed E-state index contributed by atoms with van der Waals surface area (Å²) in [6, 6.07) is -2.47. The Bertz CT molecular complexity index is 343. The predicted octanol–water partition coefficient (Wildman–Crippen LogP) is -1.65. The Hall–Kier alpha value is -2.32. The van der Waals surface area contributed by atoms with Gasteiger partial charge in [-0.25, -0.2) is 9.59 Å². The lowest BCUT2D eigenvalue weighted by Crippen LogP contribution is -2.49. The van der Waals surface area contributed by atoms with Crippen molar-refractivity contribution in [3.05, 3.63) is 0 Å². The van der Waals surface area contributed by atoms with E-state index >= 15 is 0 Å². The number of hydrogen-bond acceptors (Lipinski definition) is 4. The minimum absolute atomic E-state index is 0.320. The molecule has 0 aliphatic heterocycles. The molecule has 0 rings (SSSR count). The van der Waals surface area contributed by atoms with Gasteiger partial charge in [-0.3, -0.25) is 9.59 Å². The van der Waals surface area contributed by atoms with Crippen LogP contribution in [0.25, 0.3) is 0 Å². The zero-order valence-corrected chi connectivity index (χ0v) is 9.73. The van der Waals surface area contributed by atoms with Crippen molar-refractivity contribution in [2.75, 3.05) is 13.1 Å². The fraction of sp³-hybridized carbons (Fsp3) is 0.556. The zero-order valence-electron chi connectivity index (χ0n) is 9.73. The molecule has 0 aliphatic rings. The molecule has 18 heavy (non-hydrogen) atoms. The van der Waals surface area contributed by atoms with Crippen molar-refractivity contribution < 1.29 is 29.4 Å². The van der Waals surface area contributed by atoms with Crippen molar-refractivity contribution in [3.8, 4) is 0 Å². The average molecular weight is 261 g/mol. The number of hydrogen-bond donors (Lipinski definition) is 5. The van der Waals surface area contributed by atoms with Gasteiger partial charge in [0.1, 0.15) is 6.04 Å². The van der Waals surface area contributed by atoms with Crippen molar-refractivity contribution in [1.82, 2.24) is 16.0 Å². The number of carboxylic acids is 2. The molecule has 9 heteroatoms. The molecule has 0 bridgehead atoms. The molecular formula is C9H15N3O6. The van der Waals surface area contributed by atoms with Crippen LogP contribution in [0.1, 0.15) is 13.3 Å². The third-order valence-electron chi connectivity index (χ3n) is 1.77. The van der Waals surface area contributed by atoms with E-state index in [0.29, 0.717) is 6.54 Å². The lowest BCUT2D eigenvalue weighted by atomic mass is 10.2. The Kier molecular flexibility index (Phi) is 6.86. The molecule has 0 saturated heterocycles. The molecule has 9 nitrogen and oxygen atoms in total. The van der Waals surface area contributed by atoms with Gasteiger partial charge in [-0.1, -0.05) is 0 Å². The number of nitrogens with one attached hydrogen (secondary N) is 3. The summed E-state index contributed by atoms with van der Waals surface area (Å²) in [5.74, 6) is -3.25. The van der Waals surface area contributed by atoms with Crippen molar-refractivity contribution in [3.63, 3.8) is 0 Å². The fourth-order valence-corrected chi connectivity index (χ4v) is 1.00. The second-order valence-corrected chi connectivity index (χ2v) is 3.27. The highest BCUT2D eigenvalue weighted by atomic mass is 16.4. The summed E-state index contributed by atoms with van der Waals surface area (Å²) in [5.41, 5.74) is 0. The van der Waals surface area contributed by atoms with Crippen LogP contribution in [0.3, 0.4) is 0 Å². The summed E-state index contributed by atoms with van der Waals surface area (Å²) in [5, 5.41) is 23.5. The number of likely N-dealkylation sites (N-methyl/N-ethyl adjacent to an activating group) is 1. The predicted molar refractivity (Wildman–Crippen MR) is 58.9 cm³/mol. The molecule has 0 heterocycles. The smallest absolute Gasteiger partial charge is 0.326 e. The topological polar surface area (TPSA) is 145 Å². The minimum Gasteiger partial charge on any atom is -0.481 e. The maximum Gasteiger partial charge on any atom is 0.326 e. The molecule has 3 amide bonds. The SMILES string of the molecule is CCNC(=O)CNC(=O)N[C@@H](CC(=O)O)C(=O)O. The lowest BCUT2D eigenvalue weighted by Gasteiger charge is -2.13. The largest absolute Gasteiger partial charge is 0.481 e. The Morgan fingerprint density at radius 3 is 2.17 bits per heavy atom. The number of amides is 3. The van der Waals surface area contributed by atoms with Crippen molar-refractivity contribution in [1.29, 1.82) is 0 Å². The van der Waals surface area contributed by atoms with Gasteiger partial charge in [-0.05, 0) is 6.92 Å².